The molecule has 8 nitrogen and oxygen atoms in total. The number of methoxy groups -OCH3 is 1. The minimum absolute atomic E-state index is 0.0398. The van der Waals surface area contributed by atoms with Gasteiger partial charge in [-0.15, -0.1) is 0 Å². The maximum Gasteiger partial charge on any atom is 0.337 e. The summed E-state index contributed by atoms with van der Waals surface area (Å²) in [6.45, 7) is 2.70. The molecule has 0 radical (unpaired) electrons. The monoisotopic (exact) mass is 484 g/mol. The fourth-order valence-corrected chi connectivity index (χ4v) is 4.69. The van der Waals surface area contributed by atoms with E-state index >= 15 is 0 Å². The van der Waals surface area contributed by atoms with Crippen molar-refractivity contribution in [2.45, 2.75) is 19.9 Å². The molecular weight excluding hydrogens is 460 g/mol. The minimum Gasteiger partial charge on any atom is -0.493 e. The third-order valence-corrected chi connectivity index (χ3v) is 6.43. The van der Waals surface area contributed by atoms with Gasteiger partial charge in [-0.05, 0) is 66.9 Å². The molecule has 2 heterocycles. The van der Waals surface area contributed by atoms with Crippen LogP contribution in [0.25, 0.3) is 0 Å². The Morgan fingerprint density at radius 2 is 1.67 bits per heavy atom. The molecule has 5 rings (SSSR count). The fourth-order valence-electron chi connectivity index (χ4n) is 4.69. The van der Waals surface area contributed by atoms with Gasteiger partial charge < -0.3 is 14.4 Å². The van der Waals surface area contributed by atoms with Crippen LogP contribution < -0.4 is 9.64 Å². The molecule has 3 aromatic rings. The zero-order valence-electron chi connectivity index (χ0n) is 19.9. The second-order valence-electron chi connectivity index (χ2n) is 8.55. The summed E-state index contributed by atoms with van der Waals surface area (Å²) in [5.74, 6) is -0.970. The Bertz CT molecular complexity index is 1380. The zero-order chi connectivity index (χ0) is 25.4. The van der Waals surface area contributed by atoms with Gasteiger partial charge in [0.25, 0.3) is 17.7 Å². The molecule has 0 saturated heterocycles. The maximum absolute atomic E-state index is 13.7. The number of esters is 1. The first-order valence-electron chi connectivity index (χ1n) is 11.7. The first-order chi connectivity index (χ1) is 17.4. The smallest absolute Gasteiger partial charge is 0.337 e. The van der Waals surface area contributed by atoms with Gasteiger partial charge in [-0.1, -0.05) is 18.2 Å². The van der Waals surface area contributed by atoms with E-state index in [0.717, 1.165) is 11.3 Å². The molecule has 36 heavy (non-hydrogen) atoms. The maximum atomic E-state index is 13.7. The van der Waals surface area contributed by atoms with Crippen LogP contribution in [0.2, 0.25) is 0 Å². The van der Waals surface area contributed by atoms with Crippen LogP contribution in [0, 0.1) is 0 Å². The van der Waals surface area contributed by atoms with Gasteiger partial charge in [-0.3, -0.25) is 19.3 Å². The highest BCUT2D eigenvalue weighted by atomic mass is 16.5. The van der Waals surface area contributed by atoms with Crippen LogP contribution in [0.15, 0.2) is 60.7 Å². The third-order valence-electron chi connectivity index (χ3n) is 6.43. The SMILES string of the molecule is CCOc1ccc(CN2C(=O)c3ccccc3C2=O)cc1C(=O)N1CCc2cc(C(=O)OC)ccc21. The molecule has 3 aromatic carbocycles. The van der Waals surface area contributed by atoms with Crippen LogP contribution in [0.3, 0.4) is 0 Å². The van der Waals surface area contributed by atoms with E-state index in [0.29, 0.717) is 53.1 Å². The number of amides is 3. The minimum atomic E-state index is -0.429. The largest absolute Gasteiger partial charge is 0.493 e. The van der Waals surface area contributed by atoms with Gasteiger partial charge in [0.1, 0.15) is 5.75 Å². The van der Waals surface area contributed by atoms with Gasteiger partial charge in [0, 0.05) is 12.2 Å². The predicted molar refractivity (Wildman–Crippen MR) is 131 cm³/mol. The summed E-state index contributed by atoms with van der Waals surface area (Å²) in [5, 5.41) is 0. The van der Waals surface area contributed by atoms with Gasteiger partial charge in [0.15, 0.2) is 0 Å². The Morgan fingerprint density at radius 1 is 0.944 bits per heavy atom. The summed E-state index contributed by atoms with van der Waals surface area (Å²) < 4.78 is 10.5. The van der Waals surface area contributed by atoms with Gasteiger partial charge in [0.2, 0.25) is 0 Å². The standard InChI is InChI=1S/C28H24N2O6/c1-3-36-24-11-8-17(16-30-25(31)20-6-4-5-7-21(20)26(30)32)14-22(24)27(33)29-13-12-18-15-19(28(34)35-2)9-10-23(18)29/h4-11,14-15H,3,12-13,16H2,1-2H3. The molecule has 0 N–H and O–H groups in total. The lowest BCUT2D eigenvalue weighted by Crippen LogP contribution is -2.31. The molecule has 3 amide bonds. The average molecular weight is 485 g/mol. The highest BCUT2D eigenvalue weighted by Crippen LogP contribution is 2.33. The first-order valence-corrected chi connectivity index (χ1v) is 11.7. The molecule has 0 saturated carbocycles. The van der Waals surface area contributed by atoms with Crippen molar-refractivity contribution in [2.75, 3.05) is 25.2 Å². The number of hydrogen-bond acceptors (Lipinski definition) is 6. The Morgan fingerprint density at radius 3 is 2.33 bits per heavy atom. The van der Waals surface area contributed by atoms with Gasteiger partial charge >= 0.3 is 5.97 Å². The van der Waals surface area contributed by atoms with Gasteiger partial charge in [-0.2, -0.15) is 0 Å². The quantitative estimate of drug-likeness (QED) is 0.390. The van der Waals surface area contributed by atoms with Crippen molar-refractivity contribution in [3.05, 3.63) is 94.0 Å². The molecule has 0 aliphatic carbocycles. The number of rotatable bonds is 6. The van der Waals surface area contributed by atoms with E-state index in [9.17, 15) is 19.2 Å². The molecule has 0 bridgehead atoms. The molecule has 0 atom stereocenters. The van der Waals surface area contributed by atoms with Crippen molar-refractivity contribution in [1.82, 2.24) is 4.90 Å². The summed E-state index contributed by atoms with van der Waals surface area (Å²) in [6.07, 6.45) is 0.602. The number of anilines is 1. The van der Waals surface area contributed by atoms with Crippen LogP contribution in [-0.4, -0.2) is 48.9 Å². The van der Waals surface area contributed by atoms with Crippen molar-refractivity contribution in [3.63, 3.8) is 0 Å². The number of carbonyl (C=O) groups excluding carboxylic acids is 4. The Hall–Kier alpha value is -4.46. The molecule has 0 spiro atoms. The van der Waals surface area contributed by atoms with E-state index in [1.165, 1.54) is 12.0 Å². The summed E-state index contributed by atoms with van der Waals surface area (Å²) in [7, 11) is 1.33. The summed E-state index contributed by atoms with van der Waals surface area (Å²) in [4.78, 5) is 54.1. The number of fused-ring (bicyclic) bond motifs is 2. The normalized spacial score (nSPS) is 14.1. The molecule has 0 fully saturated rings. The molecule has 182 valence electrons. The highest BCUT2D eigenvalue weighted by Gasteiger charge is 2.35. The van der Waals surface area contributed by atoms with Gasteiger partial charge in [0.05, 0.1) is 42.5 Å². The Labute approximate surface area is 208 Å². The predicted octanol–water partition coefficient (Wildman–Crippen LogP) is 3.87. The van der Waals surface area contributed by atoms with Crippen molar-refractivity contribution in [1.29, 1.82) is 0 Å². The molecule has 2 aliphatic rings. The Kier molecular flexibility index (Phi) is 6.01. The van der Waals surface area contributed by atoms with Crippen molar-refractivity contribution in [2.24, 2.45) is 0 Å². The number of imide groups is 1. The van der Waals surface area contributed by atoms with E-state index in [2.05, 4.69) is 0 Å². The lowest BCUT2D eigenvalue weighted by Gasteiger charge is -2.21. The van der Waals surface area contributed by atoms with Crippen molar-refractivity contribution in [3.8, 4) is 5.75 Å². The lowest BCUT2D eigenvalue weighted by atomic mass is 10.1. The van der Waals surface area contributed by atoms with Crippen LogP contribution in [-0.2, 0) is 17.7 Å². The summed E-state index contributed by atoms with van der Waals surface area (Å²) in [6, 6.07) is 17.0. The number of benzene rings is 3. The number of carbonyl (C=O) groups is 4. The van der Waals surface area contributed by atoms with E-state index in [1.54, 1.807) is 65.6 Å². The molecule has 8 heteroatoms. The van der Waals surface area contributed by atoms with Crippen LogP contribution in [0.5, 0.6) is 5.75 Å². The molecular formula is C28H24N2O6. The third kappa shape index (κ3) is 3.90. The summed E-state index contributed by atoms with van der Waals surface area (Å²) >= 11 is 0. The fraction of sp³-hybridized carbons (Fsp3) is 0.214. The highest BCUT2D eigenvalue weighted by molar-refractivity contribution is 6.21. The number of hydrogen-bond donors (Lipinski definition) is 0. The van der Waals surface area contributed by atoms with E-state index in [-0.39, 0.29) is 24.3 Å². The van der Waals surface area contributed by atoms with Crippen molar-refractivity contribution >= 4 is 29.4 Å². The topological polar surface area (TPSA) is 93.2 Å². The lowest BCUT2D eigenvalue weighted by molar-refractivity contribution is 0.0597. The second-order valence-corrected chi connectivity index (χ2v) is 8.55. The average Bonchev–Trinajstić information content (AvgIpc) is 3.43. The van der Waals surface area contributed by atoms with E-state index in [1.807, 2.05) is 6.92 Å². The zero-order valence-corrected chi connectivity index (χ0v) is 19.9. The van der Waals surface area contributed by atoms with Crippen LogP contribution >= 0.6 is 0 Å². The second kappa shape index (κ2) is 9.30. The van der Waals surface area contributed by atoms with Crippen LogP contribution in [0.4, 0.5) is 5.69 Å². The summed E-state index contributed by atoms with van der Waals surface area (Å²) in [5.41, 5.74) is 3.78. The van der Waals surface area contributed by atoms with Gasteiger partial charge in [-0.25, -0.2) is 4.79 Å². The molecule has 2 aliphatic heterocycles. The van der Waals surface area contributed by atoms with E-state index in [4.69, 9.17) is 9.47 Å². The first kappa shape index (κ1) is 23.3. The van der Waals surface area contributed by atoms with Crippen LogP contribution in [0.1, 0.15) is 59.5 Å². The molecule has 0 aromatic heterocycles. The van der Waals surface area contributed by atoms with Crippen molar-refractivity contribution < 1.29 is 28.7 Å². The molecule has 0 unspecified atom stereocenters. The number of ether oxygens (including phenoxy) is 2. The Balaban J connectivity index is 1.44. The van der Waals surface area contributed by atoms with E-state index < -0.39 is 5.97 Å². The number of nitrogens with zero attached hydrogens (tertiary/aromatic N) is 2.